The average molecular weight is 656 g/mol. The summed E-state index contributed by atoms with van der Waals surface area (Å²) in [6, 6.07) is 15.3. The fraction of sp³-hybridized carbons (Fsp3) is 0.471. The Bertz CT molecular complexity index is 1680. The van der Waals surface area contributed by atoms with Crippen molar-refractivity contribution in [2.45, 2.75) is 44.0 Å². The molecule has 2 atom stereocenters. The van der Waals surface area contributed by atoms with Crippen LogP contribution in [0, 0.1) is 22.7 Å². The molecule has 2 aromatic carbocycles. The van der Waals surface area contributed by atoms with Crippen LogP contribution in [0.15, 0.2) is 42.7 Å². The maximum atomic E-state index is 14.9. The minimum absolute atomic E-state index is 0.158. The molecule has 14 heteroatoms. The van der Waals surface area contributed by atoms with Crippen molar-refractivity contribution in [3.63, 3.8) is 0 Å². The molecule has 2 unspecified atom stereocenters. The van der Waals surface area contributed by atoms with Crippen LogP contribution in [0.2, 0.25) is 0 Å². The Morgan fingerprint density at radius 1 is 1.04 bits per heavy atom. The van der Waals surface area contributed by atoms with Crippen LogP contribution in [0.1, 0.15) is 31.2 Å². The Hall–Kier alpha value is -5.05. The Kier molecular flexibility index (Phi) is 10.4. The molecule has 4 heterocycles. The van der Waals surface area contributed by atoms with E-state index < -0.39 is 18.2 Å². The van der Waals surface area contributed by atoms with Crippen LogP contribution >= 0.6 is 0 Å². The molecule has 250 valence electrons. The molecule has 13 nitrogen and oxygen atoms in total. The number of methoxy groups -OCH3 is 1. The number of nitrogens with zero attached hydrogens (tertiary/aromatic N) is 8. The number of nitrogens with one attached hydrogen (secondary N) is 1. The molecule has 3 fully saturated rings. The van der Waals surface area contributed by atoms with Gasteiger partial charge in [0.2, 0.25) is 11.9 Å². The van der Waals surface area contributed by atoms with Crippen molar-refractivity contribution in [3.8, 4) is 35.0 Å². The van der Waals surface area contributed by atoms with E-state index in [1.165, 1.54) is 11.2 Å². The zero-order chi connectivity index (χ0) is 33.5. The third-order valence-corrected chi connectivity index (χ3v) is 9.08. The Labute approximate surface area is 278 Å². The minimum Gasteiger partial charge on any atom is -0.495 e. The van der Waals surface area contributed by atoms with Gasteiger partial charge in [0.15, 0.2) is 12.0 Å². The molecule has 1 amide bonds. The van der Waals surface area contributed by atoms with Crippen LogP contribution in [0.5, 0.6) is 11.5 Å². The van der Waals surface area contributed by atoms with Crippen LogP contribution in [-0.4, -0.2) is 109 Å². The third-order valence-electron chi connectivity index (χ3n) is 9.08. The quantitative estimate of drug-likeness (QED) is 0.358. The maximum Gasteiger partial charge on any atom is 0.236 e. The van der Waals surface area contributed by atoms with Crippen molar-refractivity contribution >= 4 is 23.2 Å². The number of aromatic nitrogens is 3. The molecule has 1 aromatic heterocycles. The summed E-state index contributed by atoms with van der Waals surface area (Å²) in [6.07, 6.45) is 1.26. The largest absolute Gasteiger partial charge is 0.495 e. The smallest absolute Gasteiger partial charge is 0.236 e. The number of morpholine rings is 1. The van der Waals surface area contributed by atoms with E-state index in [9.17, 15) is 14.4 Å². The standard InChI is InChI=1S/C34H38FN9O4/c1-46-31-19-25(3-4-28(31)43-11-7-26(8-12-43)42-14-16-47-17-15-42)40-34-39-22-38-33(41-34)23-2-5-29(24(18-23)20-37)48-30-9-13-44(21-27(30)35)32(45)6-10-36/h2-5,18-19,22,26-27,30H,6-9,11-17,21H2,1H3,(H,38,39,40,41). The lowest BCUT2D eigenvalue weighted by Gasteiger charge is -2.41. The monoisotopic (exact) mass is 655 g/mol. The number of rotatable bonds is 9. The number of carbonyl (C=O) groups is 1. The van der Waals surface area contributed by atoms with Gasteiger partial charge in [0.05, 0.1) is 44.2 Å². The molecule has 6 rings (SSSR count). The summed E-state index contributed by atoms with van der Waals surface area (Å²) < 4.78 is 32.1. The van der Waals surface area contributed by atoms with Crippen molar-refractivity contribution in [2.24, 2.45) is 0 Å². The first-order valence-corrected chi connectivity index (χ1v) is 16.2. The van der Waals surface area contributed by atoms with Crippen LogP contribution < -0.4 is 19.7 Å². The highest BCUT2D eigenvalue weighted by molar-refractivity contribution is 5.78. The number of likely N-dealkylation sites (tertiary alicyclic amines) is 1. The van der Waals surface area contributed by atoms with Gasteiger partial charge in [-0.1, -0.05) is 0 Å². The Morgan fingerprint density at radius 3 is 2.58 bits per heavy atom. The van der Waals surface area contributed by atoms with Gasteiger partial charge in [0, 0.05) is 62.5 Å². The van der Waals surface area contributed by atoms with Crippen LogP contribution in [0.4, 0.5) is 21.7 Å². The summed E-state index contributed by atoms with van der Waals surface area (Å²) in [5.74, 6) is 1.24. The molecular weight excluding hydrogens is 617 g/mol. The van der Waals surface area contributed by atoms with E-state index in [0.717, 1.165) is 69.4 Å². The van der Waals surface area contributed by atoms with Gasteiger partial charge in [-0.15, -0.1) is 0 Å². The highest BCUT2D eigenvalue weighted by atomic mass is 19.1. The number of alkyl halides is 1. The summed E-state index contributed by atoms with van der Waals surface area (Å²) in [4.78, 5) is 31.4. The second kappa shape index (κ2) is 15.2. The predicted molar refractivity (Wildman–Crippen MR) is 175 cm³/mol. The van der Waals surface area contributed by atoms with Crippen molar-refractivity contribution in [1.29, 1.82) is 10.5 Å². The molecule has 0 saturated carbocycles. The second-order valence-electron chi connectivity index (χ2n) is 12.0. The molecule has 1 N–H and O–H groups in total. The zero-order valence-corrected chi connectivity index (χ0v) is 26.8. The summed E-state index contributed by atoms with van der Waals surface area (Å²) in [7, 11) is 1.67. The van der Waals surface area contributed by atoms with E-state index in [0.29, 0.717) is 23.4 Å². The number of ether oxygens (including phenoxy) is 3. The minimum atomic E-state index is -1.45. The van der Waals surface area contributed by atoms with Gasteiger partial charge in [-0.3, -0.25) is 9.69 Å². The predicted octanol–water partition coefficient (Wildman–Crippen LogP) is 3.69. The first-order valence-electron chi connectivity index (χ1n) is 16.2. The van der Waals surface area contributed by atoms with Crippen molar-refractivity contribution < 1.29 is 23.4 Å². The maximum absolute atomic E-state index is 14.9. The second-order valence-corrected chi connectivity index (χ2v) is 12.0. The van der Waals surface area contributed by atoms with E-state index in [4.69, 9.17) is 19.5 Å². The number of benzene rings is 2. The zero-order valence-electron chi connectivity index (χ0n) is 26.8. The Morgan fingerprint density at radius 2 is 1.85 bits per heavy atom. The van der Waals surface area contributed by atoms with Crippen LogP contribution in [0.3, 0.4) is 0 Å². The molecule has 0 aliphatic carbocycles. The normalized spacial score (nSPS) is 20.4. The number of piperidine rings is 2. The molecule has 3 aliphatic rings. The van der Waals surface area contributed by atoms with Gasteiger partial charge < -0.3 is 29.3 Å². The SMILES string of the molecule is COc1cc(Nc2ncnc(-c3ccc(OC4CCN(C(=O)CC#N)CC4F)c(C#N)c3)n2)ccc1N1CCC(N2CCOCC2)CC1. The highest BCUT2D eigenvalue weighted by Gasteiger charge is 2.33. The van der Waals surface area contributed by atoms with Gasteiger partial charge in [-0.05, 0) is 43.2 Å². The first kappa shape index (κ1) is 32.9. The van der Waals surface area contributed by atoms with E-state index in [1.807, 2.05) is 18.2 Å². The van der Waals surface area contributed by atoms with Gasteiger partial charge in [-0.25, -0.2) is 14.4 Å². The molecule has 0 bridgehead atoms. The molecular formula is C34H38FN9O4. The number of carbonyl (C=O) groups excluding carboxylic acids is 1. The number of nitriles is 2. The molecule has 3 aromatic rings. The highest BCUT2D eigenvalue weighted by Crippen LogP contribution is 2.35. The first-order chi connectivity index (χ1) is 23.4. The van der Waals surface area contributed by atoms with Crippen LogP contribution in [-0.2, 0) is 9.53 Å². The molecule has 0 spiro atoms. The summed E-state index contributed by atoms with van der Waals surface area (Å²) in [5, 5.41) is 21.8. The van der Waals surface area contributed by atoms with Gasteiger partial charge in [0.25, 0.3) is 0 Å². The number of halogens is 1. The summed E-state index contributed by atoms with van der Waals surface area (Å²) >= 11 is 0. The fourth-order valence-corrected chi connectivity index (χ4v) is 6.50. The molecule has 3 saturated heterocycles. The fourth-order valence-electron chi connectivity index (χ4n) is 6.50. The van der Waals surface area contributed by atoms with E-state index in [-0.39, 0.29) is 37.2 Å². The lowest BCUT2D eigenvalue weighted by molar-refractivity contribution is -0.134. The van der Waals surface area contributed by atoms with Crippen LogP contribution in [0.25, 0.3) is 11.4 Å². The molecule has 3 aliphatic heterocycles. The van der Waals surface area contributed by atoms with E-state index in [2.05, 4.69) is 36.1 Å². The van der Waals surface area contributed by atoms with Crippen molar-refractivity contribution in [1.82, 2.24) is 24.8 Å². The number of amides is 1. The third kappa shape index (κ3) is 7.56. The van der Waals surface area contributed by atoms with E-state index in [1.54, 1.807) is 31.4 Å². The topological polar surface area (TPSA) is 153 Å². The number of hydrogen-bond donors (Lipinski definition) is 1. The van der Waals surface area contributed by atoms with E-state index >= 15 is 0 Å². The molecule has 48 heavy (non-hydrogen) atoms. The van der Waals surface area contributed by atoms with Gasteiger partial charge in [0.1, 0.15) is 36.4 Å². The van der Waals surface area contributed by atoms with Crippen molar-refractivity contribution in [3.05, 3.63) is 48.3 Å². The lowest BCUT2D eigenvalue weighted by atomic mass is 10.0. The number of hydrogen-bond acceptors (Lipinski definition) is 12. The van der Waals surface area contributed by atoms with Crippen molar-refractivity contribution in [2.75, 3.05) is 69.8 Å². The van der Waals surface area contributed by atoms with Gasteiger partial charge >= 0.3 is 0 Å². The molecule has 0 radical (unpaired) electrons. The summed E-state index contributed by atoms with van der Waals surface area (Å²) in [6.45, 7) is 5.65. The van der Waals surface area contributed by atoms with Gasteiger partial charge in [-0.2, -0.15) is 15.5 Å². The summed E-state index contributed by atoms with van der Waals surface area (Å²) in [5.41, 5.74) is 2.56. The average Bonchev–Trinajstić information content (AvgIpc) is 3.13. The Balaban J connectivity index is 1.10. The number of anilines is 3. The lowest BCUT2D eigenvalue weighted by Crippen LogP contribution is -2.49.